The molecule has 6 aromatic rings. The fourth-order valence-corrected chi connectivity index (χ4v) is 4.71. The van der Waals surface area contributed by atoms with E-state index >= 15 is 0 Å². The van der Waals surface area contributed by atoms with E-state index in [0.29, 0.717) is 0 Å². The van der Waals surface area contributed by atoms with E-state index in [1.807, 2.05) is 6.07 Å². The first kappa shape index (κ1) is 28.1. The maximum Gasteiger partial charge on any atom is -0.0253 e. The zero-order valence-corrected chi connectivity index (χ0v) is 24.3. The van der Waals surface area contributed by atoms with Gasteiger partial charge in [0.15, 0.2) is 0 Å². The Bertz CT molecular complexity index is 1580. The molecule has 6 aromatic carbocycles. The summed E-state index contributed by atoms with van der Waals surface area (Å²) in [4.78, 5) is 0. The predicted molar refractivity (Wildman–Crippen MR) is 144 cm³/mol. The Hall–Kier alpha value is -2.44. The van der Waals surface area contributed by atoms with Crippen LogP contribution in [0.15, 0.2) is 109 Å². The van der Waals surface area contributed by atoms with Gasteiger partial charge in [0.2, 0.25) is 0 Å². The maximum absolute atomic E-state index is 3.30. The summed E-state index contributed by atoms with van der Waals surface area (Å²) in [6.45, 7) is 4.25. The second-order valence-corrected chi connectivity index (χ2v) is 11.3. The summed E-state index contributed by atoms with van der Waals surface area (Å²) < 4.78 is 1.51. The van der Waals surface area contributed by atoms with Gasteiger partial charge < -0.3 is 24.8 Å². The van der Waals surface area contributed by atoms with Crippen LogP contribution in [0.5, 0.6) is 0 Å². The van der Waals surface area contributed by atoms with Crippen LogP contribution in [0.4, 0.5) is 0 Å². The zero-order chi connectivity index (χ0) is 23.5. The minimum Gasteiger partial charge on any atom is -1.00 e. The molecule has 0 heterocycles. The van der Waals surface area contributed by atoms with E-state index in [9.17, 15) is 0 Å². The van der Waals surface area contributed by atoms with Crippen molar-refractivity contribution >= 4 is 35.5 Å². The van der Waals surface area contributed by atoms with E-state index in [4.69, 9.17) is 0 Å². The average molecular weight is 585 g/mol. The molecule has 0 aromatic heterocycles. The van der Waals surface area contributed by atoms with E-state index < -0.39 is 0 Å². The van der Waals surface area contributed by atoms with Crippen molar-refractivity contribution in [2.75, 3.05) is 0 Å². The third-order valence-electron chi connectivity index (χ3n) is 6.14. The summed E-state index contributed by atoms with van der Waals surface area (Å²) in [5, 5.41) is 8.05. The van der Waals surface area contributed by atoms with Gasteiger partial charge in [0, 0.05) is 0 Å². The Morgan fingerprint density at radius 1 is 0.722 bits per heavy atom. The van der Waals surface area contributed by atoms with Crippen molar-refractivity contribution in [2.45, 2.75) is 20.3 Å². The predicted octanol–water partition coefficient (Wildman–Crippen LogP) is 2.68. The van der Waals surface area contributed by atoms with Crippen LogP contribution < -0.4 is 24.8 Å². The molecule has 36 heavy (non-hydrogen) atoms. The summed E-state index contributed by atoms with van der Waals surface area (Å²) in [7, 11) is 0. The molecule has 0 atom stereocenters. The maximum atomic E-state index is 3.30. The number of hydrogen-bond acceptors (Lipinski definition) is 0. The minimum absolute atomic E-state index is 0. The molecular formula is C33H26Cl2Zr-2. The fourth-order valence-electron chi connectivity index (χ4n) is 4.71. The molecule has 0 amide bonds. The zero-order valence-electron chi connectivity index (χ0n) is 20.4. The Kier molecular flexibility index (Phi) is 9.92. The van der Waals surface area contributed by atoms with Crippen LogP contribution in [0.1, 0.15) is 25.0 Å². The number of rotatable bonds is 0. The van der Waals surface area contributed by atoms with Gasteiger partial charge in [0.25, 0.3) is 0 Å². The molecule has 0 fully saturated rings. The normalized spacial score (nSPS) is 10.7. The molecule has 0 saturated carbocycles. The standard InChI is InChI=1S/C17H11.C13H9.C3H6.2ClH.Zr/c1-2-6-15-12(4-1)8-10-14-11-9-13-5-3-7-16(13)17(14)15;1-3-7-12-10(5-1)9-11-6-2-4-8-13(11)12;1-3-2;;;/h1-11H;1-5,7-8H,9H2;1-2H3;2*1H;/q2*-1;;;;+2/p-2. The summed E-state index contributed by atoms with van der Waals surface area (Å²) in [5.41, 5.74) is 5.51. The van der Waals surface area contributed by atoms with Gasteiger partial charge in [-0.15, -0.1) is 28.5 Å². The Morgan fingerprint density at radius 2 is 1.36 bits per heavy atom. The van der Waals surface area contributed by atoms with Crippen LogP contribution in [-0.4, -0.2) is 3.21 Å². The summed E-state index contributed by atoms with van der Waals surface area (Å²) in [6.07, 6.45) is 1.05. The number of fused-ring (bicyclic) bond motifs is 8. The smallest absolute Gasteiger partial charge is 0.0253 e. The first-order chi connectivity index (χ1) is 16.6. The fraction of sp³-hybridized carbons (Fsp3) is 0.0909. The molecule has 0 nitrogen and oxygen atoms in total. The van der Waals surface area contributed by atoms with Crippen LogP contribution in [-0.2, 0) is 30.7 Å². The number of benzene rings is 5. The van der Waals surface area contributed by atoms with Crippen molar-refractivity contribution in [1.29, 1.82) is 0 Å². The largest absolute Gasteiger partial charge is 1.00 e. The van der Waals surface area contributed by atoms with Crippen LogP contribution in [0, 0.1) is 6.07 Å². The first-order valence-electron chi connectivity index (χ1n) is 11.7. The molecule has 1 aliphatic rings. The third kappa shape index (κ3) is 5.92. The molecule has 0 bridgehead atoms. The summed E-state index contributed by atoms with van der Waals surface area (Å²) in [6, 6.07) is 42.1. The number of halogens is 2. The summed E-state index contributed by atoms with van der Waals surface area (Å²) in [5.74, 6) is 0. The van der Waals surface area contributed by atoms with Crippen molar-refractivity contribution in [3.8, 4) is 11.1 Å². The van der Waals surface area contributed by atoms with Crippen LogP contribution in [0.2, 0.25) is 0 Å². The van der Waals surface area contributed by atoms with E-state index in [0.717, 1.165) is 6.42 Å². The van der Waals surface area contributed by atoms with Crippen molar-refractivity contribution in [1.82, 2.24) is 0 Å². The van der Waals surface area contributed by atoms with Gasteiger partial charge in [-0.3, -0.25) is 0 Å². The van der Waals surface area contributed by atoms with E-state index in [2.05, 4.69) is 123 Å². The molecular weight excluding hydrogens is 558 g/mol. The first-order valence-corrected chi connectivity index (χ1v) is 12.9. The number of hydrogen-bond donors (Lipinski definition) is 0. The van der Waals surface area contributed by atoms with Crippen LogP contribution >= 0.6 is 0 Å². The molecule has 7 rings (SSSR count). The van der Waals surface area contributed by atoms with E-state index in [1.54, 1.807) is 24.2 Å². The van der Waals surface area contributed by atoms with Crippen LogP contribution in [0.25, 0.3) is 43.4 Å². The van der Waals surface area contributed by atoms with Crippen molar-refractivity contribution < 1.29 is 49.0 Å². The molecule has 0 spiro atoms. The molecule has 178 valence electrons. The van der Waals surface area contributed by atoms with Gasteiger partial charge in [0.1, 0.15) is 0 Å². The monoisotopic (exact) mass is 582 g/mol. The molecule has 0 unspecified atom stereocenters. The SMILES string of the molecule is C[C](C)=[Zr+2].[Cl-].[Cl-].[c-]1cccc2c1Cc1ccccc1-2.c1ccc2c(c1)ccc1ccc3cc[cH-]c3c12. The molecule has 1 aliphatic carbocycles. The van der Waals surface area contributed by atoms with Gasteiger partial charge in [-0.2, -0.15) is 42.0 Å². The van der Waals surface area contributed by atoms with Gasteiger partial charge in [-0.05, 0) is 11.8 Å². The van der Waals surface area contributed by atoms with Gasteiger partial charge in [-0.1, -0.05) is 94.0 Å². The van der Waals surface area contributed by atoms with Crippen molar-refractivity contribution in [3.05, 3.63) is 126 Å². The van der Waals surface area contributed by atoms with Gasteiger partial charge in [0.05, 0.1) is 0 Å². The van der Waals surface area contributed by atoms with Crippen molar-refractivity contribution in [3.63, 3.8) is 0 Å². The van der Waals surface area contributed by atoms with Crippen LogP contribution in [0.3, 0.4) is 0 Å². The molecule has 0 saturated heterocycles. The van der Waals surface area contributed by atoms with Gasteiger partial charge >= 0.3 is 41.3 Å². The minimum atomic E-state index is 0. The molecule has 0 N–H and O–H groups in total. The second-order valence-electron chi connectivity index (χ2n) is 8.88. The summed E-state index contributed by atoms with van der Waals surface area (Å²) >= 11 is 1.55. The van der Waals surface area contributed by atoms with E-state index in [-0.39, 0.29) is 24.8 Å². The third-order valence-corrected chi connectivity index (χ3v) is 6.14. The quantitative estimate of drug-likeness (QED) is 0.190. The Morgan fingerprint density at radius 3 is 2.17 bits per heavy atom. The average Bonchev–Trinajstić information content (AvgIpc) is 3.48. The Balaban J connectivity index is 0.000000171. The second kappa shape index (κ2) is 12.7. The molecule has 3 heteroatoms. The topological polar surface area (TPSA) is 0 Å². The Labute approximate surface area is 240 Å². The molecule has 0 radical (unpaired) electrons. The van der Waals surface area contributed by atoms with E-state index in [1.165, 1.54) is 57.8 Å². The molecule has 0 aliphatic heterocycles. The van der Waals surface area contributed by atoms with Gasteiger partial charge in [-0.25, -0.2) is 0 Å². The van der Waals surface area contributed by atoms with Crippen molar-refractivity contribution in [2.24, 2.45) is 0 Å².